The first-order valence-electron chi connectivity index (χ1n) is 8.18. The van der Waals surface area contributed by atoms with E-state index in [1.165, 1.54) is 36.0 Å². The molecule has 0 radical (unpaired) electrons. The van der Waals surface area contributed by atoms with E-state index in [4.69, 9.17) is 4.74 Å². The quantitative estimate of drug-likeness (QED) is 0.733. The van der Waals surface area contributed by atoms with Crippen molar-refractivity contribution in [3.63, 3.8) is 0 Å². The van der Waals surface area contributed by atoms with Gasteiger partial charge >= 0.3 is 0 Å². The molecule has 26 heavy (non-hydrogen) atoms. The number of carbonyl (C=O) groups excluding carboxylic acids is 2. The maximum Gasteiger partial charge on any atom is 0.237 e. The fraction of sp³-hybridized carbons (Fsp3) is 0.263. The Morgan fingerprint density at radius 1 is 1.04 bits per heavy atom. The number of hydrogen-bond donors (Lipinski definition) is 2. The van der Waals surface area contributed by atoms with E-state index in [2.05, 4.69) is 10.6 Å². The third-order valence-corrected chi connectivity index (χ3v) is 4.54. The molecule has 0 spiro atoms. The fourth-order valence-corrected chi connectivity index (χ4v) is 2.74. The molecule has 7 heteroatoms. The van der Waals surface area contributed by atoms with Crippen molar-refractivity contribution in [1.29, 1.82) is 0 Å². The molecule has 0 aliphatic carbocycles. The highest BCUT2D eigenvalue weighted by molar-refractivity contribution is 8.01. The first kappa shape index (κ1) is 19.8. The van der Waals surface area contributed by atoms with Gasteiger partial charge in [-0.3, -0.25) is 9.59 Å². The van der Waals surface area contributed by atoms with Gasteiger partial charge in [0, 0.05) is 11.4 Å². The lowest BCUT2D eigenvalue weighted by Gasteiger charge is -2.12. The Hall–Kier alpha value is -2.54. The van der Waals surface area contributed by atoms with Gasteiger partial charge in [0.1, 0.15) is 11.6 Å². The van der Waals surface area contributed by atoms with Gasteiger partial charge in [-0.1, -0.05) is 0 Å². The lowest BCUT2D eigenvalue weighted by Crippen LogP contribution is -2.25. The van der Waals surface area contributed by atoms with E-state index in [0.29, 0.717) is 18.0 Å². The van der Waals surface area contributed by atoms with Crippen molar-refractivity contribution < 1.29 is 18.7 Å². The lowest BCUT2D eigenvalue weighted by molar-refractivity contribution is -0.115. The van der Waals surface area contributed by atoms with Gasteiger partial charge in [0.15, 0.2) is 0 Å². The van der Waals surface area contributed by atoms with Crippen LogP contribution < -0.4 is 15.4 Å². The Kier molecular flexibility index (Phi) is 7.47. The van der Waals surface area contributed by atoms with Crippen LogP contribution in [0.1, 0.15) is 13.8 Å². The van der Waals surface area contributed by atoms with Crippen molar-refractivity contribution >= 4 is 35.0 Å². The number of hydrogen-bond acceptors (Lipinski definition) is 4. The molecule has 0 aliphatic rings. The molecule has 0 aliphatic heterocycles. The van der Waals surface area contributed by atoms with Crippen LogP contribution in [0.2, 0.25) is 0 Å². The summed E-state index contributed by atoms with van der Waals surface area (Å²) >= 11 is 1.22. The van der Waals surface area contributed by atoms with Crippen LogP contribution in [0.4, 0.5) is 15.8 Å². The number of amides is 2. The normalized spacial score (nSPS) is 11.5. The van der Waals surface area contributed by atoms with Gasteiger partial charge in [-0.25, -0.2) is 4.39 Å². The van der Waals surface area contributed by atoms with Gasteiger partial charge in [0.2, 0.25) is 11.8 Å². The van der Waals surface area contributed by atoms with Crippen LogP contribution in [0.5, 0.6) is 5.75 Å². The van der Waals surface area contributed by atoms with E-state index < -0.39 is 5.25 Å². The van der Waals surface area contributed by atoms with Crippen LogP contribution in [0.15, 0.2) is 48.5 Å². The van der Waals surface area contributed by atoms with E-state index in [1.54, 1.807) is 31.2 Å². The minimum absolute atomic E-state index is 0.144. The predicted octanol–water partition coefficient (Wildman–Crippen LogP) is 3.92. The molecule has 2 N–H and O–H groups in total. The SMILES string of the molecule is CCOc1ccc(NC(=O)CS[C@@H](C)C(=O)Nc2ccc(F)cc2)cc1. The maximum absolute atomic E-state index is 12.9. The molecule has 0 bridgehead atoms. The summed E-state index contributed by atoms with van der Waals surface area (Å²) in [5.41, 5.74) is 1.19. The molecule has 2 amide bonds. The van der Waals surface area contributed by atoms with Crippen molar-refractivity contribution in [1.82, 2.24) is 0 Å². The van der Waals surface area contributed by atoms with Crippen molar-refractivity contribution in [2.45, 2.75) is 19.1 Å². The molecule has 2 aromatic carbocycles. The Bertz CT molecular complexity index is 735. The second kappa shape index (κ2) is 9.82. The molecule has 2 rings (SSSR count). The molecule has 0 saturated heterocycles. The van der Waals surface area contributed by atoms with Crippen LogP contribution in [0.3, 0.4) is 0 Å². The predicted molar refractivity (Wildman–Crippen MR) is 103 cm³/mol. The van der Waals surface area contributed by atoms with Gasteiger partial charge < -0.3 is 15.4 Å². The second-order valence-corrected chi connectivity index (χ2v) is 6.78. The van der Waals surface area contributed by atoms with E-state index >= 15 is 0 Å². The number of benzene rings is 2. The van der Waals surface area contributed by atoms with E-state index in [9.17, 15) is 14.0 Å². The molecular weight excluding hydrogens is 355 g/mol. The molecule has 1 atom stereocenters. The lowest BCUT2D eigenvalue weighted by atomic mass is 10.3. The summed E-state index contributed by atoms with van der Waals surface area (Å²) in [5, 5.41) is 5.04. The molecular formula is C19H21FN2O3S. The minimum atomic E-state index is -0.425. The molecule has 2 aromatic rings. The summed E-state index contributed by atoms with van der Waals surface area (Å²) in [7, 11) is 0. The van der Waals surface area contributed by atoms with Gasteiger partial charge in [0.25, 0.3) is 0 Å². The van der Waals surface area contributed by atoms with Crippen LogP contribution >= 0.6 is 11.8 Å². The van der Waals surface area contributed by atoms with Crippen molar-refractivity contribution in [3.8, 4) is 5.75 Å². The van der Waals surface area contributed by atoms with Gasteiger partial charge in [-0.2, -0.15) is 0 Å². The van der Waals surface area contributed by atoms with Crippen molar-refractivity contribution in [2.75, 3.05) is 23.0 Å². The molecule has 0 fully saturated rings. The zero-order chi connectivity index (χ0) is 18.9. The topological polar surface area (TPSA) is 67.4 Å². The molecule has 138 valence electrons. The average molecular weight is 376 g/mol. The maximum atomic E-state index is 12.9. The summed E-state index contributed by atoms with van der Waals surface area (Å²) in [6.45, 7) is 4.20. The molecule has 0 aromatic heterocycles. The number of thioether (sulfide) groups is 1. The Morgan fingerprint density at radius 2 is 1.62 bits per heavy atom. The largest absolute Gasteiger partial charge is 0.494 e. The minimum Gasteiger partial charge on any atom is -0.494 e. The summed E-state index contributed by atoms with van der Waals surface area (Å²) < 4.78 is 18.2. The first-order chi connectivity index (χ1) is 12.5. The number of carbonyl (C=O) groups is 2. The van der Waals surface area contributed by atoms with Crippen molar-refractivity contribution in [2.24, 2.45) is 0 Å². The monoisotopic (exact) mass is 376 g/mol. The van der Waals surface area contributed by atoms with Crippen LogP contribution in [-0.4, -0.2) is 29.4 Å². The smallest absolute Gasteiger partial charge is 0.237 e. The van der Waals surface area contributed by atoms with Gasteiger partial charge in [-0.15, -0.1) is 11.8 Å². The third kappa shape index (κ3) is 6.40. The number of halogens is 1. The highest BCUT2D eigenvalue weighted by Gasteiger charge is 2.15. The van der Waals surface area contributed by atoms with Gasteiger partial charge in [0.05, 0.1) is 17.6 Å². The van der Waals surface area contributed by atoms with E-state index in [-0.39, 0.29) is 23.4 Å². The fourth-order valence-electron chi connectivity index (χ4n) is 2.05. The highest BCUT2D eigenvalue weighted by atomic mass is 32.2. The van der Waals surface area contributed by atoms with Crippen LogP contribution in [0, 0.1) is 5.82 Å². The zero-order valence-electron chi connectivity index (χ0n) is 14.6. The van der Waals surface area contributed by atoms with E-state index in [0.717, 1.165) is 5.75 Å². The molecule has 5 nitrogen and oxygen atoms in total. The summed E-state index contributed by atoms with van der Waals surface area (Å²) in [4.78, 5) is 24.1. The summed E-state index contributed by atoms with van der Waals surface area (Å²) in [5.74, 6) is 0.0870. The number of nitrogens with one attached hydrogen (secondary N) is 2. The summed E-state index contributed by atoms with van der Waals surface area (Å²) in [6.07, 6.45) is 0. The van der Waals surface area contributed by atoms with Crippen LogP contribution in [0.25, 0.3) is 0 Å². The Morgan fingerprint density at radius 3 is 2.23 bits per heavy atom. The number of rotatable bonds is 8. The number of ether oxygens (including phenoxy) is 1. The molecule has 0 saturated carbocycles. The third-order valence-electron chi connectivity index (χ3n) is 3.39. The van der Waals surface area contributed by atoms with Gasteiger partial charge in [-0.05, 0) is 62.4 Å². The Balaban J connectivity index is 1.76. The zero-order valence-corrected chi connectivity index (χ0v) is 15.4. The standard InChI is InChI=1S/C19H21FN2O3S/c1-3-25-17-10-8-15(9-11-17)21-18(23)12-26-13(2)19(24)22-16-6-4-14(20)5-7-16/h4-11,13H,3,12H2,1-2H3,(H,21,23)(H,22,24)/t13-/m0/s1. The number of anilines is 2. The molecule has 0 heterocycles. The average Bonchev–Trinajstić information content (AvgIpc) is 2.63. The highest BCUT2D eigenvalue weighted by Crippen LogP contribution is 2.18. The molecule has 0 unspecified atom stereocenters. The Labute approximate surface area is 156 Å². The summed E-state index contributed by atoms with van der Waals surface area (Å²) in [6, 6.07) is 12.6. The van der Waals surface area contributed by atoms with E-state index in [1.807, 2.05) is 6.92 Å². The van der Waals surface area contributed by atoms with Crippen LogP contribution in [-0.2, 0) is 9.59 Å². The van der Waals surface area contributed by atoms with Crippen molar-refractivity contribution in [3.05, 3.63) is 54.3 Å². The second-order valence-electron chi connectivity index (χ2n) is 5.45. The first-order valence-corrected chi connectivity index (χ1v) is 9.23.